The van der Waals surface area contributed by atoms with Gasteiger partial charge in [0.25, 0.3) is 0 Å². The molecule has 5 heteroatoms. The quantitative estimate of drug-likeness (QED) is 0.459. The number of hydrogen-bond donors (Lipinski definition) is 0. The van der Waals surface area contributed by atoms with E-state index in [9.17, 15) is 9.59 Å². The standard InChI is InChI=1S/C18H15ClO4/c1-22-15-7-4-6-14(11-15)17(20)12-23-18(21)10-9-13-5-2-3-8-16(13)19/h2-11H,12H2,1H3/b10-9+. The monoisotopic (exact) mass is 330 g/mol. The van der Waals surface area contributed by atoms with Crippen molar-refractivity contribution < 1.29 is 19.1 Å². The molecule has 0 spiro atoms. The van der Waals surface area contributed by atoms with Gasteiger partial charge in [0.1, 0.15) is 5.75 Å². The van der Waals surface area contributed by atoms with Crippen LogP contribution in [-0.2, 0) is 9.53 Å². The van der Waals surface area contributed by atoms with E-state index in [4.69, 9.17) is 21.1 Å². The molecule has 118 valence electrons. The van der Waals surface area contributed by atoms with Crippen molar-refractivity contribution in [3.63, 3.8) is 0 Å². The molecule has 0 unspecified atom stereocenters. The van der Waals surface area contributed by atoms with Gasteiger partial charge in [-0.2, -0.15) is 0 Å². The van der Waals surface area contributed by atoms with Crippen molar-refractivity contribution >= 4 is 29.4 Å². The Balaban J connectivity index is 1.91. The lowest BCUT2D eigenvalue weighted by molar-refractivity contribution is -0.136. The molecule has 0 fully saturated rings. The van der Waals surface area contributed by atoms with Gasteiger partial charge in [0.2, 0.25) is 0 Å². The lowest BCUT2D eigenvalue weighted by atomic mass is 10.1. The summed E-state index contributed by atoms with van der Waals surface area (Å²) in [4.78, 5) is 23.6. The average Bonchev–Trinajstić information content (AvgIpc) is 2.59. The number of methoxy groups -OCH3 is 1. The number of benzene rings is 2. The molecule has 4 nitrogen and oxygen atoms in total. The first-order valence-electron chi connectivity index (χ1n) is 6.87. The van der Waals surface area contributed by atoms with Crippen LogP contribution in [0, 0.1) is 0 Å². The lowest BCUT2D eigenvalue weighted by Crippen LogP contribution is -2.12. The minimum absolute atomic E-state index is 0.302. The van der Waals surface area contributed by atoms with Crippen molar-refractivity contribution in [1.29, 1.82) is 0 Å². The predicted octanol–water partition coefficient (Wildman–Crippen LogP) is 3.79. The van der Waals surface area contributed by atoms with Crippen molar-refractivity contribution in [3.8, 4) is 5.75 Å². The number of esters is 1. The SMILES string of the molecule is COc1cccc(C(=O)COC(=O)/C=C/c2ccccc2Cl)c1. The van der Waals surface area contributed by atoms with Gasteiger partial charge in [-0.15, -0.1) is 0 Å². The molecule has 0 saturated carbocycles. The third-order valence-corrected chi connectivity index (χ3v) is 3.39. The first kappa shape index (κ1) is 16.8. The number of carbonyl (C=O) groups excluding carboxylic acids is 2. The highest BCUT2D eigenvalue weighted by atomic mass is 35.5. The predicted molar refractivity (Wildman–Crippen MR) is 88.8 cm³/mol. The van der Waals surface area contributed by atoms with Gasteiger partial charge in [-0.3, -0.25) is 4.79 Å². The topological polar surface area (TPSA) is 52.6 Å². The van der Waals surface area contributed by atoms with Crippen LogP contribution in [0.3, 0.4) is 0 Å². The molecule has 0 radical (unpaired) electrons. The summed E-state index contributed by atoms with van der Waals surface area (Å²) < 4.78 is 9.98. The zero-order valence-corrected chi connectivity index (χ0v) is 13.2. The Morgan fingerprint density at radius 2 is 1.91 bits per heavy atom. The van der Waals surface area contributed by atoms with Crippen molar-refractivity contribution in [3.05, 3.63) is 70.8 Å². The van der Waals surface area contributed by atoms with Crippen molar-refractivity contribution in [1.82, 2.24) is 0 Å². The molecule has 0 atom stereocenters. The minimum atomic E-state index is -0.610. The number of ketones is 1. The number of hydrogen-bond acceptors (Lipinski definition) is 4. The fourth-order valence-corrected chi connectivity index (χ4v) is 2.03. The molecule has 0 aromatic heterocycles. The highest BCUT2D eigenvalue weighted by molar-refractivity contribution is 6.32. The summed E-state index contributed by atoms with van der Waals surface area (Å²) in [6.45, 7) is -0.334. The van der Waals surface area contributed by atoms with Gasteiger partial charge in [-0.05, 0) is 29.8 Å². The third kappa shape index (κ3) is 4.97. The minimum Gasteiger partial charge on any atom is -0.497 e. The maximum Gasteiger partial charge on any atom is 0.331 e. The third-order valence-electron chi connectivity index (χ3n) is 3.04. The van der Waals surface area contributed by atoms with E-state index in [-0.39, 0.29) is 12.4 Å². The molecule has 0 N–H and O–H groups in total. The molecule has 0 saturated heterocycles. The summed E-state index contributed by atoms with van der Waals surface area (Å²) in [5.74, 6) is -0.342. The van der Waals surface area contributed by atoms with Gasteiger partial charge in [-0.25, -0.2) is 4.79 Å². The normalized spacial score (nSPS) is 10.5. The van der Waals surface area contributed by atoms with Gasteiger partial charge in [0.15, 0.2) is 12.4 Å². The highest BCUT2D eigenvalue weighted by Gasteiger charge is 2.09. The summed E-state index contributed by atoms with van der Waals surface area (Å²) in [5, 5.41) is 0.531. The molecule has 0 aliphatic carbocycles. The van der Waals surface area contributed by atoms with E-state index in [1.54, 1.807) is 48.5 Å². The van der Waals surface area contributed by atoms with Crippen LogP contribution >= 0.6 is 11.6 Å². The molecule has 2 rings (SSSR count). The number of ether oxygens (including phenoxy) is 2. The molecule has 23 heavy (non-hydrogen) atoms. The zero-order valence-electron chi connectivity index (χ0n) is 12.5. The van der Waals surface area contributed by atoms with E-state index in [1.165, 1.54) is 13.2 Å². The van der Waals surface area contributed by atoms with E-state index in [2.05, 4.69) is 0 Å². The molecule has 0 amide bonds. The highest BCUT2D eigenvalue weighted by Crippen LogP contribution is 2.16. The summed E-state index contributed by atoms with van der Waals surface area (Å²) >= 11 is 5.97. The number of rotatable bonds is 6. The molecular formula is C18H15ClO4. The Labute approximate surface area is 139 Å². The summed E-state index contributed by atoms with van der Waals surface area (Å²) in [7, 11) is 1.52. The Morgan fingerprint density at radius 1 is 1.13 bits per heavy atom. The Morgan fingerprint density at radius 3 is 2.65 bits per heavy atom. The second kappa shape index (κ2) is 8.15. The largest absolute Gasteiger partial charge is 0.497 e. The Kier molecular flexibility index (Phi) is 5.94. The van der Waals surface area contributed by atoms with Gasteiger partial charge in [0.05, 0.1) is 7.11 Å². The average molecular weight is 331 g/mol. The summed E-state index contributed by atoms with van der Waals surface area (Å²) in [6.07, 6.45) is 2.78. The molecule has 2 aromatic carbocycles. The van der Waals surface area contributed by atoms with Crippen LogP contribution in [-0.4, -0.2) is 25.5 Å². The number of halogens is 1. The number of Topliss-reactive ketones (excluding diaryl/α,β-unsaturated/α-hetero) is 1. The Hall–Kier alpha value is -2.59. The van der Waals surface area contributed by atoms with E-state index in [0.29, 0.717) is 21.9 Å². The molecule has 0 heterocycles. The van der Waals surface area contributed by atoms with E-state index < -0.39 is 5.97 Å². The van der Waals surface area contributed by atoms with Crippen LogP contribution in [0.15, 0.2) is 54.6 Å². The molecule has 2 aromatic rings. The van der Waals surface area contributed by atoms with Crippen molar-refractivity contribution in [2.75, 3.05) is 13.7 Å². The maximum atomic E-state index is 12.0. The van der Waals surface area contributed by atoms with E-state index in [0.717, 1.165) is 0 Å². The van der Waals surface area contributed by atoms with Gasteiger partial charge in [-0.1, -0.05) is 41.9 Å². The molecular weight excluding hydrogens is 316 g/mol. The first-order chi connectivity index (χ1) is 11.1. The molecule has 0 bridgehead atoms. The molecule has 0 aliphatic rings. The maximum absolute atomic E-state index is 12.0. The molecule has 0 aliphatic heterocycles. The van der Waals surface area contributed by atoms with E-state index >= 15 is 0 Å². The van der Waals surface area contributed by atoms with Crippen LogP contribution < -0.4 is 4.74 Å². The van der Waals surface area contributed by atoms with Crippen LogP contribution in [0.2, 0.25) is 5.02 Å². The first-order valence-corrected chi connectivity index (χ1v) is 7.24. The van der Waals surface area contributed by atoms with Crippen LogP contribution in [0.1, 0.15) is 15.9 Å². The van der Waals surface area contributed by atoms with Gasteiger partial charge in [0, 0.05) is 16.7 Å². The van der Waals surface area contributed by atoms with Crippen molar-refractivity contribution in [2.45, 2.75) is 0 Å². The van der Waals surface area contributed by atoms with Gasteiger partial charge < -0.3 is 9.47 Å². The second-order valence-electron chi connectivity index (χ2n) is 4.62. The fourth-order valence-electron chi connectivity index (χ4n) is 1.83. The van der Waals surface area contributed by atoms with Crippen LogP contribution in [0.5, 0.6) is 5.75 Å². The lowest BCUT2D eigenvalue weighted by Gasteiger charge is -2.04. The van der Waals surface area contributed by atoms with E-state index in [1.807, 2.05) is 6.07 Å². The Bertz CT molecular complexity index is 737. The number of carbonyl (C=O) groups is 2. The van der Waals surface area contributed by atoms with Crippen LogP contribution in [0.4, 0.5) is 0 Å². The summed E-state index contributed by atoms with van der Waals surface area (Å²) in [5.41, 5.74) is 1.12. The van der Waals surface area contributed by atoms with Gasteiger partial charge >= 0.3 is 5.97 Å². The fraction of sp³-hybridized carbons (Fsp3) is 0.111. The van der Waals surface area contributed by atoms with Crippen molar-refractivity contribution in [2.24, 2.45) is 0 Å². The second-order valence-corrected chi connectivity index (χ2v) is 5.02. The summed E-state index contributed by atoms with van der Waals surface area (Å²) in [6, 6.07) is 13.8. The smallest absolute Gasteiger partial charge is 0.331 e. The van der Waals surface area contributed by atoms with Crippen LogP contribution in [0.25, 0.3) is 6.08 Å². The zero-order chi connectivity index (χ0) is 16.7.